The maximum Gasteiger partial charge on any atom is 0.253 e. The number of rotatable bonds is 2. The van der Waals surface area contributed by atoms with Crippen molar-refractivity contribution in [1.82, 2.24) is 15.0 Å². The van der Waals surface area contributed by atoms with Crippen LogP contribution in [-0.2, 0) is 0 Å². The van der Waals surface area contributed by atoms with E-state index in [9.17, 15) is 4.79 Å². The number of likely N-dealkylation sites (tertiary alicyclic amines) is 1. The Morgan fingerprint density at radius 3 is 2.83 bits per heavy atom. The van der Waals surface area contributed by atoms with E-state index in [1.807, 2.05) is 35.4 Å². The van der Waals surface area contributed by atoms with Crippen molar-refractivity contribution in [3.63, 3.8) is 0 Å². The number of nitrogens with two attached hydrogens (primary N) is 1. The molecule has 1 aliphatic heterocycles. The number of anilines is 1. The maximum atomic E-state index is 12.7. The van der Waals surface area contributed by atoms with Gasteiger partial charge in [-0.15, -0.1) is 0 Å². The Balaban J connectivity index is 1.46. The Kier molecular flexibility index (Phi) is 3.29. The zero-order chi connectivity index (χ0) is 15.8. The fraction of sp³-hybridized carbons (Fsp3) is 0.294. The monoisotopic (exact) mass is 310 g/mol. The van der Waals surface area contributed by atoms with Gasteiger partial charge in [-0.25, -0.2) is 0 Å². The largest absolute Gasteiger partial charge is 0.368 e. The number of fused-ring (bicyclic) bond motifs is 1. The first-order valence-corrected chi connectivity index (χ1v) is 7.79. The van der Waals surface area contributed by atoms with Crippen molar-refractivity contribution in [3.05, 3.63) is 47.8 Å². The minimum Gasteiger partial charge on any atom is -0.368 e. The highest BCUT2D eigenvalue weighted by Crippen LogP contribution is 2.29. The van der Waals surface area contributed by atoms with Crippen LogP contribution in [-0.4, -0.2) is 34.0 Å². The molecule has 6 nitrogen and oxygen atoms in total. The number of nitrogens with one attached hydrogen (secondary N) is 1. The molecule has 1 fully saturated rings. The molecule has 2 aromatic heterocycles. The summed E-state index contributed by atoms with van der Waals surface area (Å²) in [4.78, 5) is 17.7. The van der Waals surface area contributed by atoms with E-state index >= 15 is 0 Å². The number of aromatic amines is 1. The number of hydrogen-bond acceptors (Lipinski definition) is 4. The van der Waals surface area contributed by atoms with E-state index in [0.29, 0.717) is 11.8 Å². The second-order valence-corrected chi connectivity index (χ2v) is 6.00. The van der Waals surface area contributed by atoms with Crippen molar-refractivity contribution in [2.75, 3.05) is 18.8 Å². The lowest BCUT2D eigenvalue weighted by atomic mass is 9.93. The van der Waals surface area contributed by atoms with Crippen LogP contribution in [0.25, 0.3) is 10.9 Å². The molecule has 0 spiro atoms. The summed E-state index contributed by atoms with van der Waals surface area (Å²) in [5.41, 5.74) is 8.25. The molecule has 0 saturated carbocycles. The molecule has 3 heterocycles. The van der Waals surface area contributed by atoms with Gasteiger partial charge in [0.2, 0.25) is 5.88 Å². The molecule has 1 amide bonds. The topological polar surface area (TPSA) is 88.1 Å². The van der Waals surface area contributed by atoms with E-state index in [4.69, 9.17) is 10.3 Å². The smallest absolute Gasteiger partial charge is 0.253 e. The summed E-state index contributed by atoms with van der Waals surface area (Å²) in [5.74, 6) is 0.747. The zero-order valence-corrected chi connectivity index (χ0v) is 12.7. The highest BCUT2D eigenvalue weighted by molar-refractivity contribution is 5.98. The number of benzene rings is 1. The van der Waals surface area contributed by atoms with Gasteiger partial charge in [0.25, 0.3) is 5.91 Å². The van der Waals surface area contributed by atoms with Crippen molar-refractivity contribution in [3.8, 4) is 0 Å². The Bertz CT molecular complexity index is 843. The van der Waals surface area contributed by atoms with Crippen molar-refractivity contribution in [2.45, 2.75) is 18.8 Å². The SMILES string of the molecule is Nc1cc(C2CCN(C(=O)c3ccc4[nH]ccc4c3)CC2)no1. The highest BCUT2D eigenvalue weighted by Gasteiger charge is 2.26. The normalized spacial score (nSPS) is 16.1. The van der Waals surface area contributed by atoms with Gasteiger partial charge in [-0.1, -0.05) is 5.16 Å². The van der Waals surface area contributed by atoms with Crippen molar-refractivity contribution in [1.29, 1.82) is 0 Å². The molecule has 0 atom stereocenters. The summed E-state index contributed by atoms with van der Waals surface area (Å²) in [5, 5.41) is 5.05. The third-order valence-electron chi connectivity index (χ3n) is 4.55. The molecule has 1 aliphatic rings. The van der Waals surface area contributed by atoms with E-state index in [0.717, 1.165) is 48.1 Å². The molecule has 23 heavy (non-hydrogen) atoms. The van der Waals surface area contributed by atoms with Gasteiger partial charge in [0.1, 0.15) is 0 Å². The first-order chi connectivity index (χ1) is 11.2. The standard InChI is InChI=1S/C17H18N4O2/c18-16-10-15(20-23-16)11-4-7-21(8-5-11)17(22)13-1-2-14-12(9-13)3-6-19-14/h1-3,6,9-11,19H,4-5,7-8,18H2. The average molecular weight is 310 g/mol. The number of piperidine rings is 1. The van der Waals surface area contributed by atoms with Crippen LogP contribution in [0.5, 0.6) is 0 Å². The average Bonchev–Trinajstić information content (AvgIpc) is 3.22. The lowest BCUT2D eigenvalue weighted by Gasteiger charge is -2.31. The van der Waals surface area contributed by atoms with Crippen LogP contribution >= 0.6 is 0 Å². The van der Waals surface area contributed by atoms with Crippen LogP contribution in [0.4, 0.5) is 5.88 Å². The number of carbonyl (C=O) groups is 1. The van der Waals surface area contributed by atoms with E-state index < -0.39 is 0 Å². The van der Waals surface area contributed by atoms with Crippen LogP contribution in [0, 0.1) is 0 Å². The Hall–Kier alpha value is -2.76. The van der Waals surface area contributed by atoms with E-state index in [1.54, 1.807) is 6.07 Å². The van der Waals surface area contributed by atoms with Gasteiger partial charge in [0.15, 0.2) is 0 Å². The Labute approximate surface area is 133 Å². The lowest BCUT2D eigenvalue weighted by molar-refractivity contribution is 0.0711. The molecule has 0 bridgehead atoms. The van der Waals surface area contributed by atoms with E-state index in [2.05, 4.69) is 10.1 Å². The molecule has 1 saturated heterocycles. The van der Waals surface area contributed by atoms with Crippen LogP contribution in [0.2, 0.25) is 0 Å². The predicted octanol–water partition coefficient (Wildman–Crippen LogP) is 2.76. The fourth-order valence-electron chi connectivity index (χ4n) is 3.24. The Morgan fingerprint density at radius 1 is 1.26 bits per heavy atom. The third-order valence-corrected chi connectivity index (χ3v) is 4.55. The number of H-pyrrole nitrogens is 1. The van der Waals surface area contributed by atoms with Crippen LogP contribution in [0.1, 0.15) is 34.8 Å². The van der Waals surface area contributed by atoms with Gasteiger partial charge < -0.3 is 20.1 Å². The number of amides is 1. The molecule has 0 unspecified atom stereocenters. The second-order valence-electron chi connectivity index (χ2n) is 6.00. The van der Waals surface area contributed by atoms with Crippen LogP contribution < -0.4 is 5.73 Å². The van der Waals surface area contributed by atoms with E-state index in [1.165, 1.54) is 0 Å². The molecule has 3 aromatic rings. The van der Waals surface area contributed by atoms with Crippen molar-refractivity contribution >= 4 is 22.7 Å². The molecule has 1 aromatic carbocycles. The maximum absolute atomic E-state index is 12.7. The molecule has 0 radical (unpaired) electrons. The molecular formula is C17H18N4O2. The first-order valence-electron chi connectivity index (χ1n) is 7.79. The Morgan fingerprint density at radius 2 is 2.09 bits per heavy atom. The van der Waals surface area contributed by atoms with Gasteiger partial charge in [0, 0.05) is 47.7 Å². The second kappa shape index (κ2) is 5.46. The number of aromatic nitrogens is 2. The third kappa shape index (κ3) is 2.56. The summed E-state index contributed by atoms with van der Waals surface area (Å²) in [6.45, 7) is 1.45. The van der Waals surface area contributed by atoms with Crippen LogP contribution in [0.3, 0.4) is 0 Å². The van der Waals surface area contributed by atoms with Gasteiger partial charge in [-0.3, -0.25) is 4.79 Å². The lowest BCUT2D eigenvalue weighted by Crippen LogP contribution is -2.37. The molecule has 3 N–H and O–H groups in total. The van der Waals surface area contributed by atoms with Crippen LogP contribution in [0.15, 0.2) is 41.1 Å². The van der Waals surface area contributed by atoms with Gasteiger partial charge in [-0.05, 0) is 37.1 Å². The van der Waals surface area contributed by atoms with Gasteiger partial charge >= 0.3 is 0 Å². The molecule has 0 aliphatic carbocycles. The molecular weight excluding hydrogens is 292 g/mol. The highest BCUT2D eigenvalue weighted by atomic mass is 16.5. The first kappa shape index (κ1) is 13.9. The van der Waals surface area contributed by atoms with Gasteiger partial charge in [-0.2, -0.15) is 0 Å². The van der Waals surface area contributed by atoms with E-state index in [-0.39, 0.29) is 5.91 Å². The minimum absolute atomic E-state index is 0.0891. The predicted molar refractivity (Wildman–Crippen MR) is 87.1 cm³/mol. The van der Waals surface area contributed by atoms with Crippen molar-refractivity contribution in [2.24, 2.45) is 0 Å². The summed E-state index contributed by atoms with van der Waals surface area (Å²) in [6, 6.07) is 9.53. The quantitative estimate of drug-likeness (QED) is 0.762. The molecule has 6 heteroatoms. The van der Waals surface area contributed by atoms with Crippen molar-refractivity contribution < 1.29 is 9.32 Å². The molecule has 4 rings (SSSR count). The van der Waals surface area contributed by atoms with Gasteiger partial charge in [0.05, 0.1) is 5.69 Å². The number of nitrogens with zero attached hydrogens (tertiary/aromatic N) is 2. The zero-order valence-electron chi connectivity index (χ0n) is 12.7. The molecule has 118 valence electrons. The number of nitrogen functional groups attached to an aromatic ring is 1. The fourth-order valence-corrected chi connectivity index (χ4v) is 3.24. The summed E-state index contributed by atoms with van der Waals surface area (Å²) >= 11 is 0. The minimum atomic E-state index is 0.0891. The number of carbonyl (C=O) groups excluding carboxylic acids is 1. The number of hydrogen-bond donors (Lipinski definition) is 2. The summed E-state index contributed by atoms with van der Waals surface area (Å²) < 4.78 is 4.94. The summed E-state index contributed by atoms with van der Waals surface area (Å²) in [6.07, 6.45) is 3.64. The summed E-state index contributed by atoms with van der Waals surface area (Å²) in [7, 11) is 0.